The van der Waals surface area contributed by atoms with E-state index in [9.17, 15) is 17.6 Å². The van der Waals surface area contributed by atoms with Crippen molar-refractivity contribution in [3.8, 4) is 11.1 Å². The first-order valence-electron chi connectivity index (χ1n) is 10.5. The van der Waals surface area contributed by atoms with Crippen LogP contribution in [-0.2, 0) is 16.6 Å². The summed E-state index contributed by atoms with van der Waals surface area (Å²) in [5.74, 6) is -0.998. The standard InChI is InChI=1S/C26H23FN2O3S2/c1-18-8-6-13-22(14-18)29(2)34(31,32)25-23(20-11-7-12-21(27)15-20)17-33-24(25)26(30)28-16-19-9-4-3-5-10-19/h3-15,17H,16H2,1-2H3,(H,28,30). The van der Waals surface area contributed by atoms with Crippen LogP contribution in [-0.4, -0.2) is 21.4 Å². The van der Waals surface area contributed by atoms with Crippen molar-refractivity contribution in [2.75, 3.05) is 11.4 Å². The lowest BCUT2D eigenvalue weighted by Gasteiger charge is -2.21. The van der Waals surface area contributed by atoms with Gasteiger partial charge in [-0.25, -0.2) is 12.8 Å². The Morgan fingerprint density at radius 1 is 1.00 bits per heavy atom. The lowest BCUT2D eigenvalue weighted by Crippen LogP contribution is -2.30. The van der Waals surface area contributed by atoms with Gasteiger partial charge in [0.15, 0.2) is 0 Å². The van der Waals surface area contributed by atoms with E-state index in [1.54, 1.807) is 29.6 Å². The Morgan fingerprint density at radius 2 is 1.74 bits per heavy atom. The number of nitrogens with one attached hydrogen (secondary N) is 1. The van der Waals surface area contributed by atoms with Gasteiger partial charge >= 0.3 is 0 Å². The van der Waals surface area contributed by atoms with Gasteiger partial charge in [-0.2, -0.15) is 0 Å². The monoisotopic (exact) mass is 494 g/mol. The van der Waals surface area contributed by atoms with Gasteiger partial charge in [0.25, 0.3) is 15.9 Å². The molecule has 34 heavy (non-hydrogen) atoms. The van der Waals surface area contributed by atoms with Crippen molar-refractivity contribution in [2.24, 2.45) is 0 Å². The summed E-state index contributed by atoms with van der Waals surface area (Å²) in [5, 5.41) is 4.39. The minimum atomic E-state index is -4.16. The summed E-state index contributed by atoms with van der Waals surface area (Å²) in [7, 11) is -2.71. The molecule has 0 bridgehead atoms. The summed E-state index contributed by atoms with van der Waals surface area (Å²) < 4.78 is 42.8. The molecule has 0 unspecified atom stereocenters. The molecule has 4 rings (SSSR count). The predicted octanol–water partition coefficient (Wildman–Crippen LogP) is 5.62. The lowest BCUT2D eigenvalue weighted by molar-refractivity contribution is 0.0952. The number of sulfonamides is 1. The van der Waals surface area contributed by atoms with Crippen LogP contribution in [0.15, 0.2) is 89.1 Å². The Kier molecular flexibility index (Phi) is 6.81. The fourth-order valence-electron chi connectivity index (χ4n) is 3.57. The van der Waals surface area contributed by atoms with Gasteiger partial charge in [0.05, 0.1) is 5.69 Å². The van der Waals surface area contributed by atoms with Crippen molar-refractivity contribution in [2.45, 2.75) is 18.4 Å². The van der Waals surface area contributed by atoms with E-state index < -0.39 is 21.7 Å². The molecule has 1 aromatic heterocycles. The number of carbonyl (C=O) groups is 1. The number of halogens is 1. The van der Waals surface area contributed by atoms with E-state index in [1.165, 1.54) is 25.2 Å². The van der Waals surface area contributed by atoms with Gasteiger partial charge in [0, 0.05) is 24.5 Å². The van der Waals surface area contributed by atoms with E-state index in [2.05, 4.69) is 5.32 Å². The second-order valence-corrected chi connectivity index (χ2v) is 10.6. The van der Waals surface area contributed by atoms with Crippen LogP contribution < -0.4 is 9.62 Å². The molecule has 3 aromatic carbocycles. The zero-order valence-corrected chi connectivity index (χ0v) is 20.3. The normalized spacial score (nSPS) is 11.3. The molecule has 0 saturated carbocycles. The van der Waals surface area contributed by atoms with Crippen molar-refractivity contribution in [1.29, 1.82) is 0 Å². The number of hydrogen-bond acceptors (Lipinski definition) is 4. The largest absolute Gasteiger partial charge is 0.347 e. The van der Waals surface area contributed by atoms with Gasteiger partial charge in [-0.1, -0.05) is 54.6 Å². The number of thiophene rings is 1. The fraction of sp³-hybridized carbons (Fsp3) is 0.115. The molecule has 0 atom stereocenters. The first kappa shape index (κ1) is 23.7. The number of aryl methyl sites for hydroxylation is 1. The number of hydrogen-bond donors (Lipinski definition) is 1. The summed E-state index contributed by atoms with van der Waals surface area (Å²) in [6.45, 7) is 2.12. The molecule has 0 aliphatic heterocycles. The lowest BCUT2D eigenvalue weighted by atomic mass is 10.1. The van der Waals surface area contributed by atoms with Crippen molar-refractivity contribution < 1.29 is 17.6 Å². The van der Waals surface area contributed by atoms with E-state index in [0.29, 0.717) is 11.3 Å². The summed E-state index contributed by atoms with van der Waals surface area (Å²) >= 11 is 1.02. The maximum Gasteiger partial charge on any atom is 0.266 e. The Hall–Kier alpha value is -3.49. The van der Waals surface area contributed by atoms with Gasteiger partial charge in [-0.3, -0.25) is 9.10 Å². The Bertz CT molecular complexity index is 1430. The van der Waals surface area contributed by atoms with E-state index in [-0.39, 0.29) is 21.9 Å². The molecular weight excluding hydrogens is 471 g/mol. The zero-order chi connectivity index (χ0) is 24.3. The van der Waals surface area contributed by atoms with E-state index in [4.69, 9.17) is 0 Å². The van der Waals surface area contributed by atoms with Crippen LogP contribution in [0.2, 0.25) is 0 Å². The molecule has 1 heterocycles. The first-order valence-corrected chi connectivity index (χ1v) is 12.8. The van der Waals surface area contributed by atoms with Crippen molar-refractivity contribution in [3.05, 3.63) is 106 Å². The van der Waals surface area contributed by atoms with Gasteiger partial charge in [-0.15, -0.1) is 11.3 Å². The van der Waals surface area contributed by atoms with E-state index >= 15 is 0 Å². The maximum atomic E-state index is 14.0. The molecule has 174 valence electrons. The minimum Gasteiger partial charge on any atom is -0.347 e. The van der Waals surface area contributed by atoms with Crippen LogP contribution in [0, 0.1) is 12.7 Å². The van der Waals surface area contributed by atoms with Crippen LogP contribution in [0.1, 0.15) is 20.8 Å². The molecule has 1 amide bonds. The highest BCUT2D eigenvalue weighted by Gasteiger charge is 2.32. The Labute approximate surface area is 202 Å². The third-order valence-corrected chi connectivity index (χ3v) is 8.35. The second kappa shape index (κ2) is 9.79. The third kappa shape index (κ3) is 4.88. The van der Waals surface area contributed by atoms with Crippen LogP contribution in [0.3, 0.4) is 0 Å². The Balaban J connectivity index is 1.79. The fourth-order valence-corrected chi connectivity index (χ4v) is 6.44. The van der Waals surface area contributed by atoms with Crippen molar-refractivity contribution in [1.82, 2.24) is 5.32 Å². The van der Waals surface area contributed by atoms with Crippen LogP contribution in [0.4, 0.5) is 10.1 Å². The zero-order valence-electron chi connectivity index (χ0n) is 18.7. The number of amides is 1. The van der Waals surface area contributed by atoms with Crippen LogP contribution >= 0.6 is 11.3 Å². The highest BCUT2D eigenvalue weighted by Crippen LogP contribution is 2.38. The second-order valence-electron chi connectivity index (χ2n) is 7.80. The highest BCUT2D eigenvalue weighted by molar-refractivity contribution is 7.93. The quantitative estimate of drug-likeness (QED) is 0.363. The highest BCUT2D eigenvalue weighted by atomic mass is 32.2. The molecule has 4 aromatic rings. The summed E-state index contributed by atoms with van der Waals surface area (Å²) in [5.41, 5.74) is 2.92. The molecule has 1 N–H and O–H groups in total. The van der Waals surface area contributed by atoms with Gasteiger partial charge in [0.1, 0.15) is 15.6 Å². The Morgan fingerprint density at radius 3 is 2.44 bits per heavy atom. The molecule has 5 nitrogen and oxygen atoms in total. The average Bonchev–Trinajstić information content (AvgIpc) is 3.29. The van der Waals surface area contributed by atoms with Crippen molar-refractivity contribution in [3.63, 3.8) is 0 Å². The summed E-state index contributed by atoms with van der Waals surface area (Å²) in [6.07, 6.45) is 0. The number of anilines is 1. The van der Waals surface area contributed by atoms with Crippen molar-refractivity contribution >= 4 is 33.0 Å². The van der Waals surface area contributed by atoms with Gasteiger partial charge in [-0.05, 0) is 47.9 Å². The van der Waals surface area contributed by atoms with Gasteiger partial charge < -0.3 is 5.32 Å². The predicted molar refractivity (Wildman–Crippen MR) is 134 cm³/mol. The SMILES string of the molecule is Cc1cccc(N(C)S(=O)(=O)c2c(-c3cccc(F)c3)csc2C(=O)NCc2ccccc2)c1. The van der Waals surface area contributed by atoms with E-state index in [0.717, 1.165) is 26.8 Å². The van der Waals surface area contributed by atoms with Crippen LogP contribution in [0.5, 0.6) is 0 Å². The molecule has 0 spiro atoms. The van der Waals surface area contributed by atoms with Crippen LogP contribution in [0.25, 0.3) is 11.1 Å². The smallest absolute Gasteiger partial charge is 0.266 e. The van der Waals surface area contributed by atoms with E-state index in [1.807, 2.05) is 43.3 Å². The number of nitrogens with zero attached hydrogens (tertiary/aromatic N) is 1. The summed E-state index contributed by atoms with van der Waals surface area (Å²) in [4.78, 5) is 13.1. The van der Waals surface area contributed by atoms with Gasteiger partial charge in [0.2, 0.25) is 0 Å². The topological polar surface area (TPSA) is 66.5 Å². The molecule has 0 aliphatic rings. The maximum absolute atomic E-state index is 14.0. The number of carbonyl (C=O) groups excluding carboxylic acids is 1. The number of benzene rings is 3. The third-order valence-electron chi connectivity index (χ3n) is 5.37. The summed E-state index contributed by atoms with van der Waals surface area (Å²) in [6, 6.07) is 22.1. The molecule has 0 aliphatic carbocycles. The molecule has 0 saturated heterocycles. The molecule has 0 radical (unpaired) electrons. The minimum absolute atomic E-state index is 0.0506. The number of rotatable bonds is 7. The first-order chi connectivity index (χ1) is 16.3. The molecular formula is C26H23FN2O3S2. The molecule has 8 heteroatoms. The molecule has 0 fully saturated rings. The average molecular weight is 495 g/mol.